The summed E-state index contributed by atoms with van der Waals surface area (Å²) in [4.78, 5) is 27.9. The molecule has 1 fully saturated rings. The summed E-state index contributed by atoms with van der Waals surface area (Å²) in [7, 11) is 0. The second kappa shape index (κ2) is 9.00. The minimum atomic E-state index is -0.102. The van der Waals surface area contributed by atoms with Crippen LogP contribution in [0.1, 0.15) is 27.7 Å². The molecule has 6 nitrogen and oxygen atoms in total. The molecule has 1 rings (SSSR count). The van der Waals surface area contributed by atoms with Crippen LogP contribution in [0.25, 0.3) is 0 Å². The lowest BCUT2D eigenvalue weighted by Crippen LogP contribution is -2.55. The molecule has 0 aliphatic carbocycles. The van der Waals surface area contributed by atoms with Crippen LogP contribution in [0, 0.1) is 5.92 Å². The molecule has 0 aromatic carbocycles. The first kappa shape index (κ1) is 17.9. The number of nitrogens with zero attached hydrogens (tertiary/aromatic N) is 2. The second-order valence-corrected chi connectivity index (χ2v) is 6.08. The molecule has 6 heteroatoms. The molecule has 21 heavy (non-hydrogen) atoms. The highest BCUT2D eigenvalue weighted by Gasteiger charge is 2.26. The molecule has 1 heterocycles. The summed E-state index contributed by atoms with van der Waals surface area (Å²) in [5.74, 6) is 0.643. The van der Waals surface area contributed by atoms with Crippen LogP contribution in [0.4, 0.5) is 0 Å². The van der Waals surface area contributed by atoms with E-state index in [1.807, 2.05) is 13.8 Å². The number of amides is 2. The number of nitrogens with one attached hydrogen (secondary N) is 2. The fraction of sp³-hybridized carbons (Fsp3) is 0.867. The Labute approximate surface area is 128 Å². The van der Waals surface area contributed by atoms with Gasteiger partial charge in [0, 0.05) is 39.3 Å². The van der Waals surface area contributed by atoms with Crippen LogP contribution in [-0.2, 0) is 9.59 Å². The predicted octanol–water partition coefficient (Wildman–Crippen LogP) is -0.0992. The lowest BCUT2D eigenvalue weighted by atomic mass is 10.2. The van der Waals surface area contributed by atoms with Gasteiger partial charge in [0.2, 0.25) is 11.8 Å². The van der Waals surface area contributed by atoms with Crippen molar-refractivity contribution >= 4 is 11.8 Å². The number of likely N-dealkylation sites (N-methyl/N-ethyl adjacent to an activating group) is 1. The fourth-order valence-electron chi connectivity index (χ4n) is 2.38. The predicted molar refractivity (Wildman–Crippen MR) is 84.0 cm³/mol. The molecule has 2 amide bonds. The lowest BCUT2D eigenvalue weighted by Gasteiger charge is -2.37. The number of carbonyl (C=O) groups is 2. The average molecular weight is 298 g/mol. The summed E-state index contributed by atoms with van der Waals surface area (Å²) in [6, 6.07) is -0.102. The molecule has 0 bridgehead atoms. The average Bonchev–Trinajstić information content (AvgIpc) is 2.45. The Morgan fingerprint density at radius 1 is 1.05 bits per heavy atom. The van der Waals surface area contributed by atoms with Gasteiger partial charge >= 0.3 is 0 Å². The Kier molecular flexibility index (Phi) is 7.67. The van der Waals surface area contributed by atoms with Crippen LogP contribution >= 0.6 is 0 Å². The Balaban J connectivity index is 2.31. The van der Waals surface area contributed by atoms with Gasteiger partial charge in [0.05, 0.1) is 12.6 Å². The minimum absolute atomic E-state index is 0.0775. The van der Waals surface area contributed by atoms with Gasteiger partial charge in [-0.25, -0.2) is 0 Å². The standard InChI is InChI=1S/C15H30N4O2/c1-5-16-14(20)11-18-6-8-19(9-7-18)13(4)15(21)17-10-12(2)3/h12-13H,5-11H2,1-4H3,(H,16,20)(H,17,21). The van der Waals surface area contributed by atoms with E-state index in [4.69, 9.17) is 0 Å². The number of rotatable bonds is 7. The SMILES string of the molecule is CCNC(=O)CN1CCN(C(C)C(=O)NCC(C)C)CC1. The van der Waals surface area contributed by atoms with Crippen molar-refractivity contribution in [2.45, 2.75) is 33.7 Å². The zero-order chi connectivity index (χ0) is 15.8. The van der Waals surface area contributed by atoms with Gasteiger partial charge in [0.15, 0.2) is 0 Å². The molecule has 0 saturated carbocycles. The minimum Gasteiger partial charge on any atom is -0.355 e. The van der Waals surface area contributed by atoms with Crippen molar-refractivity contribution in [1.82, 2.24) is 20.4 Å². The second-order valence-electron chi connectivity index (χ2n) is 6.08. The molecule has 0 aromatic rings. The molecular weight excluding hydrogens is 268 g/mol. The third kappa shape index (κ3) is 6.44. The molecular formula is C15H30N4O2. The van der Waals surface area contributed by atoms with Crippen LogP contribution in [0.3, 0.4) is 0 Å². The summed E-state index contributed by atoms with van der Waals surface area (Å²) >= 11 is 0. The lowest BCUT2D eigenvalue weighted by molar-refractivity contribution is -0.128. The highest BCUT2D eigenvalue weighted by Crippen LogP contribution is 2.06. The molecule has 0 spiro atoms. The van der Waals surface area contributed by atoms with E-state index >= 15 is 0 Å². The van der Waals surface area contributed by atoms with E-state index in [1.165, 1.54) is 0 Å². The van der Waals surface area contributed by atoms with Gasteiger partial charge in [-0.2, -0.15) is 0 Å². The van der Waals surface area contributed by atoms with E-state index in [0.717, 1.165) is 32.7 Å². The first-order valence-electron chi connectivity index (χ1n) is 7.94. The van der Waals surface area contributed by atoms with Crippen LogP contribution in [-0.4, -0.2) is 73.5 Å². The van der Waals surface area contributed by atoms with Crippen LogP contribution in [0.15, 0.2) is 0 Å². The molecule has 1 aliphatic rings. The van der Waals surface area contributed by atoms with Gasteiger partial charge in [0.25, 0.3) is 0 Å². The first-order valence-corrected chi connectivity index (χ1v) is 7.94. The van der Waals surface area contributed by atoms with Gasteiger partial charge in [-0.15, -0.1) is 0 Å². The number of hydrogen-bond donors (Lipinski definition) is 2. The van der Waals surface area contributed by atoms with E-state index in [0.29, 0.717) is 19.0 Å². The first-order chi connectivity index (χ1) is 9.93. The molecule has 122 valence electrons. The fourth-order valence-corrected chi connectivity index (χ4v) is 2.38. The summed E-state index contributed by atoms with van der Waals surface area (Å²) in [5, 5.41) is 5.79. The van der Waals surface area contributed by atoms with Gasteiger partial charge in [0.1, 0.15) is 0 Å². The van der Waals surface area contributed by atoms with E-state index < -0.39 is 0 Å². The quantitative estimate of drug-likeness (QED) is 0.689. The monoisotopic (exact) mass is 298 g/mol. The highest BCUT2D eigenvalue weighted by molar-refractivity contribution is 5.81. The topological polar surface area (TPSA) is 64.7 Å². The molecule has 1 atom stereocenters. The van der Waals surface area contributed by atoms with Gasteiger partial charge in [-0.3, -0.25) is 19.4 Å². The Hall–Kier alpha value is -1.14. The maximum Gasteiger partial charge on any atom is 0.237 e. The van der Waals surface area contributed by atoms with Gasteiger partial charge in [-0.05, 0) is 19.8 Å². The number of carbonyl (C=O) groups excluding carboxylic acids is 2. The van der Waals surface area contributed by atoms with E-state index in [9.17, 15) is 9.59 Å². The van der Waals surface area contributed by atoms with Crippen molar-refractivity contribution in [3.63, 3.8) is 0 Å². The molecule has 1 saturated heterocycles. The summed E-state index contributed by atoms with van der Waals surface area (Å²) in [6.07, 6.45) is 0. The van der Waals surface area contributed by atoms with Gasteiger partial charge in [-0.1, -0.05) is 13.8 Å². The number of hydrogen-bond acceptors (Lipinski definition) is 4. The van der Waals surface area contributed by atoms with E-state index in [2.05, 4.69) is 34.3 Å². The van der Waals surface area contributed by atoms with E-state index in [-0.39, 0.29) is 17.9 Å². The molecule has 1 unspecified atom stereocenters. The maximum absolute atomic E-state index is 12.1. The van der Waals surface area contributed by atoms with Crippen molar-refractivity contribution in [3.05, 3.63) is 0 Å². The third-order valence-corrected chi connectivity index (χ3v) is 3.76. The zero-order valence-corrected chi connectivity index (χ0v) is 13.8. The van der Waals surface area contributed by atoms with Crippen molar-refractivity contribution in [2.75, 3.05) is 45.8 Å². The van der Waals surface area contributed by atoms with Crippen molar-refractivity contribution < 1.29 is 9.59 Å². The summed E-state index contributed by atoms with van der Waals surface area (Å²) < 4.78 is 0. The van der Waals surface area contributed by atoms with Crippen molar-refractivity contribution in [2.24, 2.45) is 5.92 Å². The van der Waals surface area contributed by atoms with Crippen molar-refractivity contribution in [1.29, 1.82) is 0 Å². The van der Waals surface area contributed by atoms with Crippen molar-refractivity contribution in [3.8, 4) is 0 Å². The smallest absolute Gasteiger partial charge is 0.237 e. The van der Waals surface area contributed by atoms with Gasteiger partial charge < -0.3 is 10.6 Å². The Bertz CT molecular complexity index is 339. The molecule has 2 N–H and O–H groups in total. The Morgan fingerprint density at radius 2 is 1.67 bits per heavy atom. The highest BCUT2D eigenvalue weighted by atomic mass is 16.2. The summed E-state index contributed by atoms with van der Waals surface area (Å²) in [5.41, 5.74) is 0. The third-order valence-electron chi connectivity index (χ3n) is 3.76. The Morgan fingerprint density at radius 3 is 2.19 bits per heavy atom. The molecule has 0 aromatic heterocycles. The summed E-state index contributed by atoms with van der Waals surface area (Å²) in [6.45, 7) is 13.2. The molecule has 1 aliphatic heterocycles. The van der Waals surface area contributed by atoms with Crippen LogP contribution < -0.4 is 10.6 Å². The largest absolute Gasteiger partial charge is 0.355 e. The zero-order valence-electron chi connectivity index (χ0n) is 13.8. The number of piperazine rings is 1. The maximum atomic E-state index is 12.1. The van der Waals surface area contributed by atoms with Crippen LogP contribution in [0.5, 0.6) is 0 Å². The van der Waals surface area contributed by atoms with Crippen LogP contribution in [0.2, 0.25) is 0 Å². The molecule has 0 radical (unpaired) electrons. The van der Waals surface area contributed by atoms with E-state index in [1.54, 1.807) is 0 Å². The normalized spacial score (nSPS) is 18.5.